The summed E-state index contributed by atoms with van der Waals surface area (Å²) in [5.41, 5.74) is 23.6. The van der Waals surface area contributed by atoms with Crippen LogP contribution in [0.1, 0.15) is 61.7 Å². The number of carboxylic acids is 2. The fourth-order valence-corrected chi connectivity index (χ4v) is 3.15. The van der Waals surface area contributed by atoms with Crippen molar-refractivity contribution in [3.8, 4) is 11.1 Å². The Kier molecular flexibility index (Phi) is 19.4. The van der Waals surface area contributed by atoms with Crippen molar-refractivity contribution in [2.75, 3.05) is 13.1 Å². The van der Waals surface area contributed by atoms with Crippen molar-refractivity contribution < 1.29 is 24.6 Å². The number of carbonyl (C=O) groups excluding carboxylic acids is 1. The minimum atomic E-state index is -0.968. The van der Waals surface area contributed by atoms with E-state index >= 15 is 0 Å². The molecule has 0 saturated heterocycles. The molecule has 0 radical (unpaired) electrons. The highest BCUT2D eigenvalue weighted by atomic mass is 16.4. The van der Waals surface area contributed by atoms with E-state index in [1.807, 2.05) is 42.5 Å². The van der Waals surface area contributed by atoms with Crippen LogP contribution in [0.25, 0.3) is 11.1 Å². The molecule has 0 unspecified atom stereocenters. The third-order valence-corrected chi connectivity index (χ3v) is 5.26. The van der Waals surface area contributed by atoms with Gasteiger partial charge in [0.05, 0.1) is 6.54 Å². The highest BCUT2D eigenvalue weighted by molar-refractivity contribution is 5.76. The number of hydrogen-bond acceptors (Lipinski definition) is 7. The van der Waals surface area contributed by atoms with Crippen LogP contribution in [0, 0.1) is 0 Å². The lowest BCUT2D eigenvalue weighted by molar-refractivity contribution is -0.138. The summed E-state index contributed by atoms with van der Waals surface area (Å²) in [4.78, 5) is 29.8. The standard InChI is InChI=1S/C13H10O.C6H14N2O2.C6H13N.C2H5NO2/c14-10-11-6-8-13(9-7-11)12-4-2-1-3-5-12;7-4-2-1-3-5(8)6(9)10;7-6-4-2-1-3-5-6;3-1-2(4)5/h1-10H;5H,1-4,7-8H2,(H,9,10);6H,1-5,7H2;1,3H2,(H,4,5)/t;5-;;/m.0../s1. The zero-order valence-electron chi connectivity index (χ0n) is 20.9. The molecule has 1 aliphatic rings. The van der Waals surface area contributed by atoms with E-state index in [0.29, 0.717) is 24.6 Å². The van der Waals surface area contributed by atoms with Crippen LogP contribution in [0.4, 0.5) is 0 Å². The maximum absolute atomic E-state index is 10.5. The lowest BCUT2D eigenvalue weighted by Gasteiger charge is -2.15. The molecule has 2 aromatic rings. The van der Waals surface area contributed by atoms with Gasteiger partial charge in [0, 0.05) is 11.6 Å². The summed E-state index contributed by atoms with van der Waals surface area (Å²) in [6, 6.07) is 17.5. The first-order valence-electron chi connectivity index (χ1n) is 12.2. The Bertz CT molecular complexity index is 841. The van der Waals surface area contributed by atoms with E-state index in [1.54, 1.807) is 0 Å². The monoisotopic (exact) mass is 502 g/mol. The molecule has 1 atom stereocenters. The van der Waals surface area contributed by atoms with Crippen LogP contribution in [-0.2, 0) is 9.59 Å². The first-order chi connectivity index (χ1) is 17.2. The minimum Gasteiger partial charge on any atom is -0.480 e. The van der Waals surface area contributed by atoms with E-state index in [9.17, 15) is 14.4 Å². The number of aliphatic carboxylic acids is 2. The number of carboxylic acid groups (broad SMARTS) is 2. The Labute approximate surface area is 213 Å². The molecule has 9 heteroatoms. The molecule has 1 fully saturated rings. The molecule has 0 bridgehead atoms. The predicted molar refractivity (Wildman–Crippen MR) is 144 cm³/mol. The number of aldehydes is 1. The van der Waals surface area contributed by atoms with Gasteiger partial charge in [0.15, 0.2) is 0 Å². The van der Waals surface area contributed by atoms with Crippen LogP contribution < -0.4 is 22.9 Å². The van der Waals surface area contributed by atoms with Gasteiger partial charge < -0.3 is 33.1 Å². The van der Waals surface area contributed by atoms with E-state index in [4.69, 9.17) is 27.4 Å². The molecule has 0 aromatic heterocycles. The molecular weight excluding hydrogens is 460 g/mol. The Balaban J connectivity index is 0.000000489. The average molecular weight is 503 g/mol. The van der Waals surface area contributed by atoms with Gasteiger partial charge in [-0.15, -0.1) is 0 Å². The van der Waals surface area contributed by atoms with E-state index < -0.39 is 18.0 Å². The molecule has 36 heavy (non-hydrogen) atoms. The summed E-state index contributed by atoms with van der Waals surface area (Å²) in [5.74, 6) is -1.90. The van der Waals surface area contributed by atoms with Crippen molar-refractivity contribution in [3.05, 3.63) is 60.2 Å². The third-order valence-electron chi connectivity index (χ3n) is 5.26. The second-order valence-corrected chi connectivity index (χ2v) is 8.33. The van der Waals surface area contributed by atoms with Gasteiger partial charge in [0.2, 0.25) is 0 Å². The maximum Gasteiger partial charge on any atom is 0.320 e. The molecule has 1 aliphatic carbocycles. The number of benzene rings is 2. The van der Waals surface area contributed by atoms with E-state index in [2.05, 4.69) is 17.9 Å². The molecule has 1 saturated carbocycles. The van der Waals surface area contributed by atoms with Crippen LogP contribution >= 0.6 is 0 Å². The smallest absolute Gasteiger partial charge is 0.320 e. The molecule has 0 heterocycles. The van der Waals surface area contributed by atoms with Crippen molar-refractivity contribution in [3.63, 3.8) is 0 Å². The summed E-state index contributed by atoms with van der Waals surface area (Å²) in [6.07, 6.45) is 9.68. The molecule has 200 valence electrons. The highest BCUT2D eigenvalue weighted by Crippen LogP contribution is 2.18. The van der Waals surface area contributed by atoms with Crippen LogP contribution in [0.15, 0.2) is 54.6 Å². The fraction of sp³-hybridized carbons (Fsp3) is 0.444. The normalized spacial score (nSPS) is 13.3. The molecule has 2 aromatic carbocycles. The van der Waals surface area contributed by atoms with Crippen molar-refractivity contribution in [2.45, 2.75) is 63.5 Å². The summed E-state index contributed by atoms with van der Waals surface area (Å²) in [5, 5.41) is 15.9. The molecular formula is C27H42N4O5. The maximum atomic E-state index is 10.5. The zero-order chi connectivity index (χ0) is 27.2. The Hall–Kier alpha value is -3.11. The Morgan fingerprint density at radius 1 is 0.889 bits per heavy atom. The second kappa shape index (κ2) is 21.2. The van der Waals surface area contributed by atoms with Gasteiger partial charge in [0.25, 0.3) is 0 Å². The fourth-order valence-electron chi connectivity index (χ4n) is 3.15. The van der Waals surface area contributed by atoms with Crippen molar-refractivity contribution in [1.29, 1.82) is 0 Å². The van der Waals surface area contributed by atoms with Crippen molar-refractivity contribution in [1.82, 2.24) is 0 Å². The summed E-state index contributed by atoms with van der Waals surface area (Å²) < 4.78 is 0. The van der Waals surface area contributed by atoms with Gasteiger partial charge >= 0.3 is 11.9 Å². The third kappa shape index (κ3) is 17.3. The minimum absolute atomic E-state index is 0.278. The molecule has 3 rings (SSSR count). The van der Waals surface area contributed by atoms with Gasteiger partial charge in [0.1, 0.15) is 12.3 Å². The Morgan fingerprint density at radius 3 is 1.81 bits per heavy atom. The Morgan fingerprint density at radius 2 is 1.42 bits per heavy atom. The number of carbonyl (C=O) groups is 3. The van der Waals surface area contributed by atoms with Crippen LogP contribution in [0.5, 0.6) is 0 Å². The lowest BCUT2D eigenvalue weighted by atomic mass is 9.97. The predicted octanol–water partition coefficient (Wildman–Crippen LogP) is 3.00. The van der Waals surface area contributed by atoms with Gasteiger partial charge in [-0.2, -0.15) is 0 Å². The van der Waals surface area contributed by atoms with E-state index in [1.165, 1.54) is 37.7 Å². The van der Waals surface area contributed by atoms with E-state index in [0.717, 1.165) is 24.7 Å². The first kappa shape index (κ1) is 32.9. The van der Waals surface area contributed by atoms with Gasteiger partial charge in [-0.3, -0.25) is 14.4 Å². The average Bonchev–Trinajstić information content (AvgIpc) is 2.91. The summed E-state index contributed by atoms with van der Waals surface area (Å²) in [6.45, 7) is 0.326. The van der Waals surface area contributed by atoms with Gasteiger partial charge in [-0.1, -0.05) is 80.3 Å². The number of unbranched alkanes of at least 4 members (excludes halogenated alkanes) is 1. The number of hydrogen-bond donors (Lipinski definition) is 6. The van der Waals surface area contributed by atoms with Crippen LogP contribution in [-0.4, -0.2) is 53.6 Å². The highest BCUT2D eigenvalue weighted by Gasteiger charge is 2.09. The zero-order valence-corrected chi connectivity index (χ0v) is 20.9. The topological polar surface area (TPSA) is 196 Å². The number of nitrogens with two attached hydrogens (primary N) is 4. The summed E-state index contributed by atoms with van der Waals surface area (Å²) in [7, 11) is 0. The van der Waals surface area contributed by atoms with Gasteiger partial charge in [-0.05, 0) is 43.4 Å². The molecule has 0 amide bonds. The molecule has 9 nitrogen and oxygen atoms in total. The van der Waals surface area contributed by atoms with Gasteiger partial charge in [-0.25, -0.2) is 0 Å². The van der Waals surface area contributed by atoms with Crippen LogP contribution in [0.2, 0.25) is 0 Å². The quantitative estimate of drug-likeness (QED) is 0.232. The second-order valence-electron chi connectivity index (χ2n) is 8.33. The SMILES string of the molecule is NC1CCCCC1.NCC(=O)O.NCCCC[C@H](N)C(=O)O.O=Cc1ccc(-c2ccccc2)cc1. The summed E-state index contributed by atoms with van der Waals surface area (Å²) >= 11 is 0. The molecule has 0 aliphatic heterocycles. The number of rotatable bonds is 8. The van der Waals surface area contributed by atoms with Crippen LogP contribution in [0.3, 0.4) is 0 Å². The van der Waals surface area contributed by atoms with Crippen molar-refractivity contribution >= 4 is 18.2 Å². The van der Waals surface area contributed by atoms with Crippen molar-refractivity contribution in [2.24, 2.45) is 22.9 Å². The lowest BCUT2D eigenvalue weighted by Crippen LogP contribution is -2.29. The van der Waals surface area contributed by atoms with E-state index in [-0.39, 0.29) is 6.54 Å². The molecule has 10 N–H and O–H groups in total. The molecule has 0 spiro atoms. The largest absolute Gasteiger partial charge is 0.480 e. The first-order valence-corrected chi connectivity index (χ1v) is 12.2.